The lowest BCUT2D eigenvalue weighted by molar-refractivity contribution is 0.103. The number of carbonyl (C=O) groups excluding carboxylic acids is 1. The van der Waals surface area contributed by atoms with Gasteiger partial charge >= 0.3 is 0 Å². The fourth-order valence-corrected chi connectivity index (χ4v) is 4.21. The summed E-state index contributed by atoms with van der Waals surface area (Å²) in [5.41, 5.74) is 8.05. The van der Waals surface area contributed by atoms with Crippen molar-refractivity contribution in [3.8, 4) is 17.2 Å². The first kappa shape index (κ1) is 19.8. The summed E-state index contributed by atoms with van der Waals surface area (Å²) in [5.74, 6) is 1.50. The van der Waals surface area contributed by atoms with Crippen molar-refractivity contribution in [2.24, 2.45) is 0 Å². The number of anilines is 2. The molecule has 0 unspecified atom stereocenters. The number of hydrogen-bond donors (Lipinski definition) is 2. The zero-order valence-corrected chi connectivity index (χ0v) is 17.6. The van der Waals surface area contributed by atoms with Crippen LogP contribution < -0.4 is 25.3 Å². The van der Waals surface area contributed by atoms with E-state index in [1.807, 2.05) is 43.3 Å². The molecule has 7 nitrogen and oxygen atoms in total. The second-order valence-electron chi connectivity index (χ2n) is 6.47. The van der Waals surface area contributed by atoms with Gasteiger partial charge in [0.2, 0.25) is 0 Å². The molecule has 8 heteroatoms. The van der Waals surface area contributed by atoms with Gasteiger partial charge in [0, 0.05) is 16.8 Å². The van der Waals surface area contributed by atoms with E-state index in [9.17, 15) is 4.79 Å². The van der Waals surface area contributed by atoms with Gasteiger partial charge in [-0.3, -0.25) is 4.79 Å². The third kappa shape index (κ3) is 3.46. The Morgan fingerprint density at radius 1 is 1.10 bits per heavy atom. The summed E-state index contributed by atoms with van der Waals surface area (Å²) in [5, 5.41) is 4.46. The Labute approximate surface area is 177 Å². The average Bonchev–Trinajstić information content (AvgIpc) is 3.08. The molecule has 2 heterocycles. The van der Waals surface area contributed by atoms with Crippen LogP contribution in [0.4, 0.5) is 11.4 Å². The predicted octanol–water partition coefficient (Wildman–Crippen LogP) is 4.70. The number of methoxy groups -OCH3 is 2. The topological polar surface area (TPSA) is 95.7 Å². The zero-order chi connectivity index (χ0) is 21.3. The fourth-order valence-electron chi connectivity index (χ4n) is 3.23. The number of carbonyl (C=O) groups is 1. The molecule has 1 amide bonds. The number of thiophene rings is 1. The minimum absolute atomic E-state index is 0.304. The number of fused-ring (bicyclic) bond motifs is 2. The van der Waals surface area contributed by atoms with Gasteiger partial charge in [0.05, 0.1) is 37.7 Å². The quantitative estimate of drug-likeness (QED) is 0.467. The fraction of sp³-hybridized carbons (Fsp3) is 0.182. The van der Waals surface area contributed by atoms with Gasteiger partial charge in [-0.15, -0.1) is 11.3 Å². The van der Waals surface area contributed by atoms with Crippen molar-refractivity contribution < 1.29 is 19.0 Å². The van der Waals surface area contributed by atoms with E-state index in [1.54, 1.807) is 20.3 Å². The van der Waals surface area contributed by atoms with E-state index >= 15 is 0 Å². The maximum Gasteiger partial charge on any atom is 0.268 e. The Morgan fingerprint density at radius 3 is 2.57 bits per heavy atom. The summed E-state index contributed by atoms with van der Waals surface area (Å²) in [6.07, 6.45) is 0. The number of nitrogens with zero attached hydrogens (tertiary/aromatic N) is 1. The second-order valence-corrected chi connectivity index (χ2v) is 7.47. The highest BCUT2D eigenvalue weighted by molar-refractivity contribution is 7.21. The Bertz CT molecular complexity index is 1250. The highest BCUT2D eigenvalue weighted by atomic mass is 32.1. The molecule has 3 N–H and O–H groups in total. The first-order valence-corrected chi connectivity index (χ1v) is 10.1. The molecule has 0 aliphatic heterocycles. The van der Waals surface area contributed by atoms with Crippen LogP contribution in [0.5, 0.6) is 17.2 Å². The van der Waals surface area contributed by atoms with Crippen molar-refractivity contribution in [1.29, 1.82) is 0 Å². The molecule has 0 spiro atoms. The Balaban J connectivity index is 1.75. The molecule has 2 aromatic carbocycles. The number of aromatic nitrogens is 1. The number of nitrogens with one attached hydrogen (secondary N) is 1. The van der Waals surface area contributed by atoms with Gasteiger partial charge in [-0.25, -0.2) is 4.98 Å². The summed E-state index contributed by atoms with van der Waals surface area (Å²) >= 11 is 1.25. The third-order valence-corrected chi connectivity index (χ3v) is 5.77. The first-order chi connectivity index (χ1) is 14.5. The van der Waals surface area contributed by atoms with Gasteiger partial charge in [0.15, 0.2) is 11.5 Å². The van der Waals surface area contributed by atoms with Crippen LogP contribution in [0.1, 0.15) is 16.6 Å². The molecule has 4 rings (SSSR count). The van der Waals surface area contributed by atoms with Crippen molar-refractivity contribution in [3.05, 3.63) is 47.3 Å². The first-order valence-electron chi connectivity index (χ1n) is 9.33. The monoisotopic (exact) mass is 423 g/mol. The summed E-state index contributed by atoms with van der Waals surface area (Å²) in [4.78, 5) is 18.7. The lowest BCUT2D eigenvalue weighted by Gasteiger charge is -2.10. The molecule has 0 bridgehead atoms. The summed E-state index contributed by atoms with van der Waals surface area (Å²) in [6.45, 7) is 2.39. The lowest BCUT2D eigenvalue weighted by Crippen LogP contribution is -2.13. The molecular weight excluding hydrogens is 402 g/mol. The van der Waals surface area contributed by atoms with Crippen LogP contribution in [0.2, 0.25) is 0 Å². The third-order valence-electron chi connectivity index (χ3n) is 4.66. The molecule has 0 aliphatic rings. The highest BCUT2D eigenvalue weighted by Gasteiger charge is 2.20. The van der Waals surface area contributed by atoms with Gasteiger partial charge in [0.25, 0.3) is 5.91 Å². The Hall–Kier alpha value is -3.52. The maximum atomic E-state index is 13.0. The van der Waals surface area contributed by atoms with Crippen LogP contribution >= 0.6 is 11.3 Å². The van der Waals surface area contributed by atoms with Crippen LogP contribution in [0.25, 0.3) is 21.1 Å². The van der Waals surface area contributed by atoms with E-state index in [2.05, 4.69) is 10.3 Å². The molecule has 0 saturated carbocycles. The SMILES string of the molecule is CCOc1ccccc1NC(=O)c1sc2nc3cc(OC)c(OC)cc3cc2c1N. The van der Waals surface area contributed by atoms with Gasteiger partial charge in [-0.05, 0) is 31.2 Å². The molecule has 0 radical (unpaired) electrons. The van der Waals surface area contributed by atoms with Crippen LogP contribution in [-0.4, -0.2) is 31.7 Å². The number of hydrogen-bond acceptors (Lipinski definition) is 7. The normalized spacial score (nSPS) is 10.9. The largest absolute Gasteiger partial charge is 0.493 e. The van der Waals surface area contributed by atoms with Crippen LogP contribution in [0, 0.1) is 0 Å². The second kappa shape index (κ2) is 8.08. The van der Waals surface area contributed by atoms with E-state index in [0.717, 1.165) is 16.3 Å². The minimum Gasteiger partial charge on any atom is -0.493 e. The number of pyridine rings is 1. The number of amides is 1. The molecule has 30 heavy (non-hydrogen) atoms. The summed E-state index contributed by atoms with van der Waals surface area (Å²) < 4.78 is 16.3. The van der Waals surface area contributed by atoms with E-state index in [-0.39, 0.29) is 5.91 Å². The molecule has 2 aromatic heterocycles. The molecule has 0 fully saturated rings. The number of rotatable bonds is 6. The van der Waals surface area contributed by atoms with E-state index in [0.29, 0.717) is 44.9 Å². The van der Waals surface area contributed by atoms with E-state index in [1.165, 1.54) is 11.3 Å². The van der Waals surface area contributed by atoms with Crippen LogP contribution in [0.15, 0.2) is 42.5 Å². The number of ether oxygens (including phenoxy) is 3. The van der Waals surface area contributed by atoms with Crippen molar-refractivity contribution in [1.82, 2.24) is 4.98 Å². The van der Waals surface area contributed by atoms with E-state index < -0.39 is 0 Å². The van der Waals surface area contributed by atoms with Crippen LogP contribution in [0.3, 0.4) is 0 Å². The molecule has 0 aliphatic carbocycles. The number of para-hydroxylation sites is 2. The van der Waals surface area contributed by atoms with Gasteiger partial charge in [0.1, 0.15) is 15.5 Å². The summed E-state index contributed by atoms with van der Waals surface area (Å²) in [6, 6.07) is 12.8. The highest BCUT2D eigenvalue weighted by Crippen LogP contribution is 2.38. The van der Waals surface area contributed by atoms with E-state index in [4.69, 9.17) is 19.9 Å². The summed E-state index contributed by atoms with van der Waals surface area (Å²) in [7, 11) is 3.16. The number of nitrogens with two attached hydrogens (primary N) is 1. The smallest absolute Gasteiger partial charge is 0.268 e. The standard InChI is InChI=1S/C22H21N3O4S/c1-4-29-16-8-6-5-7-14(16)24-21(26)20-19(23)13-9-12-10-17(27-2)18(28-3)11-15(12)25-22(13)30-20/h5-11H,4,23H2,1-3H3,(H,24,26). The number of benzene rings is 2. The lowest BCUT2D eigenvalue weighted by atomic mass is 10.1. The van der Waals surface area contributed by atoms with Crippen molar-refractivity contribution in [3.63, 3.8) is 0 Å². The zero-order valence-electron chi connectivity index (χ0n) is 16.8. The van der Waals surface area contributed by atoms with Crippen molar-refractivity contribution in [2.75, 3.05) is 31.9 Å². The molecule has 4 aromatic rings. The molecular formula is C22H21N3O4S. The Kier molecular flexibility index (Phi) is 5.33. The minimum atomic E-state index is -0.304. The van der Waals surface area contributed by atoms with Gasteiger partial charge < -0.3 is 25.3 Å². The Morgan fingerprint density at radius 2 is 1.83 bits per heavy atom. The maximum absolute atomic E-state index is 13.0. The molecule has 154 valence electrons. The number of nitrogen functional groups attached to an aromatic ring is 1. The average molecular weight is 423 g/mol. The van der Waals surface area contributed by atoms with Gasteiger partial charge in [-0.1, -0.05) is 12.1 Å². The molecule has 0 atom stereocenters. The van der Waals surface area contributed by atoms with Gasteiger partial charge in [-0.2, -0.15) is 0 Å². The van der Waals surface area contributed by atoms with Crippen molar-refractivity contribution in [2.45, 2.75) is 6.92 Å². The van der Waals surface area contributed by atoms with Crippen LogP contribution in [-0.2, 0) is 0 Å². The van der Waals surface area contributed by atoms with Crippen molar-refractivity contribution >= 4 is 49.7 Å². The predicted molar refractivity (Wildman–Crippen MR) is 120 cm³/mol. The molecule has 0 saturated heterocycles.